The summed E-state index contributed by atoms with van der Waals surface area (Å²) in [6.07, 6.45) is 2.02. The van der Waals surface area contributed by atoms with Gasteiger partial charge < -0.3 is 35.2 Å². The summed E-state index contributed by atoms with van der Waals surface area (Å²) >= 11 is 0. The number of hydrogen-bond acceptors (Lipinski definition) is 10. The van der Waals surface area contributed by atoms with Crippen molar-refractivity contribution in [3.63, 3.8) is 0 Å². The Labute approximate surface area is 346 Å². The van der Waals surface area contributed by atoms with Crippen LogP contribution in [0.15, 0.2) is 36.4 Å². The van der Waals surface area contributed by atoms with Gasteiger partial charge in [-0.3, -0.25) is 0 Å². The molecule has 59 heavy (non-hydrogen) atoms. The van der Waals surface area contributed by atoms with Crippen molar-refractivity contribution in [1.82, 2.24) is 22.6 Å². The number of fused-ring (bicyclic) bond motifs is 6. The fourth-order valence-electron chi connectivity index (χ4n) is 7.71. The Bertz CT molecular complexity index is 2510. The van der Waals surface area contributed by atoms with Gasteiger partial charge in [0, 0.05) is 83.7 Å². The number of hydrogen-bond donors (Lipinski definition) is 2. The number of nitrogen functional groups attached to an aromatic ring is 1. The summed E-state index contributed by atoms with van der Waals surface area (Å²) in [5, 5.41) is 4.42. The molecule has 4 amide bonds. The predicted octanol–water partition coefficient (Wildman–Crippen LogP) is 6.47. The molecule has 0 bridgehead atoms. The first-order chi connectivity index (χ1) is 27.5. The van der Waals surface area contributed by atoms with E-state index in [4.69, 9.17) is 15.2 Å². The lowest BCUT2D eigenvalue weighted by Crippen LogP contribution is -2.40. The molecular formula is C41H57N7O9S2. The fourth-order valence-corrected chi connectivity index (χ4v) is 10.2. The Morgan fingerprint density at radius 2 is 1.10 bits per heavy atom. The van der Waals surface area contributed by atoms with Crippen molar-refractivity contribution in [3.05, 3.63) is 58.9 Å². The third-order valence-electron chi connectivity index (χ3n) is 10.5. The molecule has 1 saturated heterocycles. The van der Waals surface area contributed by atoms with Gasteiger partial charge in [-0.05, 0) is 105 Å². The normalized spacial score (nSPS) is 16.0. The zero-order chi connectivity index (χ0) is 43.2. The van der Waals surface area contributed by atoms with Crippen LogP contribution in [-0.4, -0.2) is 107 Å². The second-order valence-electron chi connectivity index (χ2n) is 17.1. The summed E-state index contributed by atoms with van der Waals surface area (Å²) in [5.74, 6) is -0.0319. The van der Waals surface area contributed by atoms with E-state index in [1.54, 1.807) is 58.9 Å². The molecule has 2 aromatic heterocycles. The molecule has 322 valence electrons. The van der Waals surface area contributed by atoms with E-state index in [2.05, 4.69) is 5.32 Å². The van der Waals surface area contributed by atoms with Gasteiger partial charge in [0.05, 0.1) is 35.6 Å². The highest BCUT2D eigenvalue weighted by atomic mass is 32.2. The SMILES string of the molecule is CCS(=O)(=O)n1c2c(c3cc(N)ccc31)CN(C(=O)OC(C)(C)C)CC2.CCS(=O)(=O)n1c2c(c3cc(NC(=O)N4CCCC4)ccc31)CN(C(=O)OC(C)(C)C)CC2. The fraction of sp³-hybridized carbons (Fsp3) is 0.537. The lowest BCUT2D eigenvalue weighted by atomic mass is 10.0. The monoisotopic (exact) mass is 855 g/mol. The molecule has 0 saturated carbocycles. The molecule has 0 atom stereocenters. The molecule has 3 N–H and O–H groups in total. The van der Waals surface area contributed by atoms with E-state index in [0.717, 1.165) is 53.5 Å². The molecule has 4 aromatic rings. The minimum Gasteiger partial charge on any atom is -0.444 e. The van der Waals surface area contributed by atoms with Crippen molar-refractivity contribution in [2.24, 2.45) is 0 Å². The van der Waals surface area contributed by atoms with Gasteiger partial charge in [0.2, 0.25) is 20.0 Å². The smallest absolute Gasteiger partial charge is 0.410 e. The average Bonchev–Trinajstić information content (AvgIpc) is 3.89. The van der Waals surface area contributed by atoms with Gasteiger partial charge in [0.15, 0.2) is 0 Å². The molecule has 18 heteroatoms. The molecule has 0 radical (unpaired) electrons. The van der Waals surface area contributed by atoms with Crippen LogP contribution in [-0.2, 0) is 55.5 Å². The summed E-state index contributed by atoms with van der Waals surface area (Å²) in [4.78, 5) is 42.7. The zero-order valence-corrected chi connectivity index (χ0v) is 36.9. The number of nitrogens with zero attached hydrogens (tertiary/aromatic N) is 5. The number of nitrogens with one attached hydrogen (secondary N) is 1. The van der Waals surface area contributed by atoms with Crippen LogP contribution in [0.2, 0.25) is 0 Å². The summed E-state index contributed by atoms with van der Waals surface area (Å²) in [5.41, 5.74) is 10.1. The van der Waals surface area contributed by atoms with Crippen LogP contribution >= 0.6 is 0 Å². The third-order valence-corrected chi connectivity index (χ3v) is 13.9. The number of carbonyl (C=O) groups is 3. The quantitative estimate of drug-likeness (QED) is 0.210. The van der Waals surface area contributed by atoms with Gasteiger partial charge in [-0.15, -0.1) is 0 Å². The Morgan fingerprint density at radius 1 is 0.661 bits per heavy atom. The number of rotatable bonds is 5. The highest BCUT2D eigenvalue weighted by molar-refractivity contribution is 7.90. The number of benzene rings is 2. The molecule has 2 aromatic carbocycles. The largest absolute Gasteiger partial charge is 0.444 e. The van der Waals surface area contributed by atoms with E-state index in [9.17, 15) is 31.2 Å². The third kappa shape index (κ3) is 9.27. The molecular weight excluding hydrogens is 799 g/mol. The van der Waals surface area contributed by atoms with Crippen LogP contribution in [0.3, 0.4) is 0 Å². The maximum absolute atomic E-state index is 13.0. The van der Waals surface area contributed by atoms with Crippen LogP contribution in [0.25, 0.3) is 21.8 Å². The number of urea groups is 1. The molecule has 1 fully saturated rings. The van der Waals surface area contributed by atoms with Gasteiger partial charge in [-0.1, -0.05) is 0 Å². The number of likely N-dealkylation sites (tertiary alicyclic amines) is 1. The molecule has 3 aliphatic rings. The standard InChI is InChI=1S/C23H32N4O5S.C18H25N3O4S/c1-5-33(30,31)27-19-9-8-16(24-21(28)25-11-6-7-12-25)14-17(19)18-15-26(13-10-20(18)27)22(29)32-23(2,3)4;1-5-26(23,24)21-15-7-6-12(19)10-13(15)14-11-20(9-8-16(14)21)17(22)25-18(2,3)4/h8-9,14H,5-7,10-13,15H2,1-4H3,(H,24,28);6-7,10H,5,8-9,11,19H2,1-4H3. The average molecular weight is 856 g/mol. The lowest BCUT2D eigenvalue weighted by molar-refractivity contribution is 0.0214. The molecule has 0 aliphatic carbocycles. The van der Waals surface area contributed by atoms with E-state index in [0.29, 0.717) is 60.6 Å². The maximum Gasteiger partial charge on any atom is 0.410 e. The minimum absolute atomic E-state index is 0.00335. The molecule has 0 unspecified atom stereocenters. The van der Waals surface area contributed by atoms with E-state index in [1.165, 1.54) is 7.94 Å². The van der Waals surface area contributed by atoms with Gasteiger partial charge in [-0.2, -0.15) is 0 Å². The van der Waals surface area contributed by atoms with E-state index < -0.39 is 43.4 Å². The summed E-state index contributed by atoms with van der Waals surface area (Å²) < 4.78 is 65.1. The second kappa shape index (κ2) is 16.2. The lowest BCUT2D eigenvalue weighted by Gasteiger charge is -2.30. The van der Waals surface area contributed by atoms with E-state index in [-0.39, 0.29) is 24.1 Å². The van der Waals surface area contributed by atoms with Crippen LogP contribution in [0.4, 0.5) is 25.8 Å². The Kier molecular flexibility index (Phi) is 12.0. The first-order valence-corrected chi connectivity index (χ1v) is 23.3. The zero-order valence-electron chi connectivity index (χ0n) is 35.3. The number of nitrogens with two attached hydrogens (primary N) is 1. The highest BCUT2D eigenvalue weighted by Crippen LogP contribution is 2.36. The van der Waals surface area contributed by atoms with Crippen molar-refractivity contribution in [2.75, 3.05) is 48.7 Å². The molecule has 3 aliphatic heterocycles. The van der Waals surface area contributed by atoms with Crippen molar-refractivity contribution >= 4 is 71.4 Å². The predicted molar refractivity (Wildman–Crippen MR) is 229 cm³/mol. The van der Waals surface area contributed by atoms with Crippen LogP contribution in [0.5, 0.6) is 0 Å². The summed E-state index contributed by atoms with van der Waals surface area (Å²) in [6.45, 7) is 16.9. The van der Waals surface area contributed by atoms with Crippen molar-refractivity contribution in [1.29, 1.82) is 0 Å². The van der Waals surface area contributed by atoms with Gasteiger partial charge in [-0.25, -0.2) is 39.2 Å². The van der Waals surface area contributed by atoms with E-state index >= 15 is 0 Å². The molecule has 7 rings (SSSR count). The van der Waals surface area contributed by atoms with Gasteiger partial charge in [0.25, 0.3) is 0 Å². The Hall–Kier alpha value is -4.97. The van der Waals surface area contributed by atoms with E-state index in [1.807, 2.05) is 47.6 Å². The number of aromatic nitrogens is 2. The first kappa shape index (κ1) is 43.6. The Balaban J connectivity index is 0.000000204. The Morgan fingerprint density at radius 3 is 1.54 bits per heavy atom. The van der Waals surface area contributed by atoms with Gasteiger partial charge in [0.1, 0.15) is 11.2 Å². The molecule has 5 heterocycles. The van der Waals surface area contributed by atoms with Crippen molar-refractivity contribution < 1.29 is 40.7 Å². The van der Waals surface area contributed by atoms with Crippen LogP contribution in [0, 0.1) is 0 Å². The summed E-state index contributed by atoms with van der Waals surface area (Å²) in [7, 11) is -7.01. The number of carbonyl (C=O) groups excluding carboxylic acids is 3. The second-order valence-corrected chi connectivity index (χ2v) is 21.3. The topological polar surface area (TPSA) is 196 Å². The molecule has 0 spiro atoms. The van der Waals surface area contributed by atoms with Crippen molar-refractivity contribution in [3.8, 4) is 0 Å². The van der Waals surface area contributed by atoms with Crippen molar-refractivity contribution in [2.45, 2.75) is 105 Å². The minimum atomic E-state index is -3.55. The number of anilines is 2. The maximum atomic E-state index is 13.0. The van der Waals surface area contributed by atoms with Crippen LogP contribution in [0.1, 0.15) is 90.7 Å². The van der Waals surface area contributed by atoms with Crippen LogP contribution < -0.4 is 11.1 Å². The first-order valence-electron chi connectivity index (χ1n) is 20.1. The molecule has 16 nitrogen and oxygen atoms in total. The summed E-state index contributed by atoms with van der Waals surface area (Å²) in [6, 6.07) is 10.3. The highest BCUT2D eigenvalue weighted by Gasteiger charge is 2.34. The number of ether oxygens (including phenoxy) is 2. The van der Waals surface area contributed by atoms with Gasteiger partial charge >= 0.3 is 18.2 Å². The number of amides is 4.